The molecule has 1 aliphatic carbocycles. The number of carboxylic acid groups (broad SMARTS) is 1. The van der Waals surface area contributed by atoms with Crippen LogP contribution in [0.4, 0.5) is 0 Å². The quantitative estimate of drug-likeness (QED) is 0.733. The molecule has 0 aliphatic heterocycles. The molecule has 0 aromatic carbocycles. The van der Waals surface area contributed by atoms with Crippen LogP contribution in [0.5, 0.6) is 0 Å². The molecule has 0 heterocycles. The largest absolute Gasteiger partial charge is 0.481 e. The highest BCUT2D eigenvalue weighted by atomic mass is 16.4. The fourth-order valence-corrected chi connectivity index (χ4v) is 2.54. The lowest BCUT2D eigenvalue weighted by Crippen LogP contribution is -2.52. The molecule has 1 saturated carbocycles. The Morgan fingerprint density at radius 2 is 1.85 bits per heavy atom. The van der Waals surface area contributed by atoms with Crippen LogP contribution in [0.25, 0.3) is 0 Å². The zero-order chi connectivity index (χ0) is 15.6. The molecular weight excluding hydrogens is 256 g/mol. The predicted octanol–water partition coefficient (Wildman–Crippen LogP) is 1.76. The Kier molecular flexibility index (Phi) is 5.19. The molecule has 0 saturated heterocycles. The Labute approximate surface area is 121 Å². The van der Waals surface area contributed by atoms with Gasteiger partial charge in [0.15, 0.2) is 0 Å². The topological polar surface area (TPSA) is 92.4 Å². The lowest BCUT2D eigenvalue weighted by molar-refractivity contribution is -0.151. The third kappa shape index (κ3) is 3.95. The summed E-state index contributed by atoms with van der Waals surface area (Å²) in [6, 6.07) is -0.629. The number of amides is 1. The molecule has 1 atom stereocenters. The number of nitrogens with two attached hydrogens (primary N) is 1. The van der Waals surface area contributed by atoms with Crippen LogP contribution in [0.1, 0.15) is 53.4 Å². The van der Waals surface area contributed by atoms with Crippen LogP contribution >= 0.6 is 0 Å². The smallest absolute Gasteiger partial charge is 0.311 e. The molecule has 116 valence electrons. The molecule has 0 unspecified atom stereocenters. The molecule has 0 radical (unpaired) electrons. The molecule has 0 aromatic heterocycles. The summed E-state index contributed by atoms with van der Waals surface area (Å²) in [5, 5.41) is 12.3. The van der Waals surface area contributed by atoms with Gasteiger partial charge in [0.2, 0.25) is 5.91 Å². The number of aliphatic carboxylic acids is 1. The van der Waals surface area contributed by atoms with E-state index in [4.69, 9.17) is 5.73 Å². The van der Waals surface area contributed by atoms with Crippen molar-refractivity contribution in [3.05, 3.63) is 0 Å². The Hall–Kier alpha value is -1.10. The van der Waals surface area contributed by atoms with E-state index in [1.54, 1.807) is 0 Å². The number of nitrogens with one attached hydrogen (secondary N) is 1. The van der Waals surface area contributed by atoms with Crippen LogP contribution in [-0.2, 0) is 9.59 Å². The molecule has 0 bridgehead atoms. The average Bonchev–Trinajstić information content (AvgIpc) is 2.35. The van der Waals surface area contributed by atoms with Crippen LogP contribution in [-0.4, -0.2) is 29.6 Å². The van der Waals surface area contributed by atoms with Crippen LogP contribution < -0.4 is 11.1 Å². The van der Waals surface area contributed by atoms with Gasteiger partial charge in [-0.25, -0.2) is 0 Å². The van der Waals surface area contributed by atoms with Gasteiger partial charge >= 0.3 is 5.97 Å². The molecule has 1 rings (SSSR count). The summed E-state index contributed by atoms with van der Waals surface area (Å²) < 4.78 is 0. The number of carboxylic acids is 1. The van der Waals surface area contributed by atoms with Gasteiger partial charge in [0.25, 0.3) is 0 Å². The Bertz CT molecular complexity index is 366. The average molecular weight is 284 g/mol. The summed E-state index contributed by atoms with van der Waals surface area (Å²) in [5.41, 5.74) is 4.74. The van der Waals surface area contributed by atoms with Crippen molar-refractivity contribution in [3.8, 4) is 0 Å². The SMILES string of the molecule is CC1CCC(CNC(=O)[C@H](N)C(C)(C)C)(C(=O)O)CC1. The van der Waals surface area contributed by atoms with Gasteiger partial charge in [-0.1, -0.05) is 27.7 Å². The molecule has 20 heavy (non-hydrogen) atoms. The number of hydrogen-bond donors (Lipinski definition) is 3. The molecule has 4 N–H and O–H groups in total. The number of carbonyl (C=O) groups excluding carboxylic acids is 1. The maximum absolute atomic E-state index is 12.0. The van der Waals surface area contributed by atoms with Crippen molar-refractivity contribution in [2.75, 3.05) is 6.54 Å². The van der Waals surface area contributed by atoms with Crippen LogP contribution in [0.15, 0.2) is 0 Å². The van der Waals surface area contributed by atoms with E-state index in [2.05, 4.69) is 12.2 Å². The van der Waals surface area contributed by atoms with Gasteiger partial charge in [-0.3, -0.25) is 9.59 Å². The summed E-state index contributed by atoms with van der Waals surface area (Å²) in [6.45, 7) is 8.00. The normalized spacial score (nSPS) is 28.8. The van der Waals surface area contributed by atoms with Gasteiger partial charge in [0, 0.05) is 6.54 Å². The minimum absolute atomic E-state index is 0.178. The molecule has 1 amide bonds. The standard InChI is InChI=1S/C15H28N2O3/c1-10-5-7-15(8-6-10,13(19)20)9-17-12(18)11(16)14(2,3)4/h10-11H,5-9,16H2,1-4H3,(H,17,18)(H,19,20)/t10?,11-,15?/m0/s1. The minimum atomic E-state index is -0.820. The molecule has 5 nitrogen and oxygen atoms in total. The Balaban J connectivity index is 2.65. The highest BCUT2D eigenvalue weighted by molar-refractivity contribution is 5.83. The van der Waals surface area contributed by atoms with E-state index in [-0.39, 0.29) is 17.9 Å². The van der Waals surface area contributed by atoms with Crippen molar-refractivity contribution in [1.82, 2.24) is 5.32 Å². The molecular formula is C15H28N2O3. The number of rotatable bonds is 4. The lowest BCUT2D eigenvalue weighted by Gasteiger charge is -2.36. The third-order valence-corrected chi connectivity index (χ3v) is 4.50. The fourth-order valence-electron chi connectivity index (χ4n) is 2.54. The van der Waals surface area contributed by atoms with Gasteiger partial charge in [0.1, 0.15) is 0 Å². The van der Waals surface area contributed by atoms with E-state index in [0.717, 1.165) is 12.8 Å². The summed E-state index contributed by atoms with van der Waals surface area (Å²) in [4.78, 5) is 23.6. The Morgan fingerprint density at radius 1 is 1.35 bits per heavy atom. The molecule has 1 fully saturated rings. The van der Waals surface area contributed by atoms with Crippen LogP contribution in [0.3, 0.4) is 0 Å². The van der Waals surface area contributed by atoms with E-state index >= 15 is 0 Å². The van der Waals surface area contributed by atoms with Gasteiger partial charge in [-0.05, 0) is 37.0 Å². The predicted molar refractivity (Wildman–Crippen MR) is 78.1 cm³/mol. The number of carbonyl (C=O) groups is 2. The van der Waals surface area contributed by atoms with Gasteiger partial charge in [-0.2, -0.15) is 0 Å². The maximum atomic E-state index is 12.0. The minimum Gasteiger partial charge on any atom is -0.481 e. The first-order valence-corrected chi connectivity index (χ1v) is 7.35. The zero-order valence-electron chi connectivity index (χ0n) is 13.0. The first-order chi connectivity index (χ1) is 9.08. The zero-order valence-corrected chi connectivity index (χ0v) is 13.0. The van der Waals surface area contributed by atoms with Crippen LogP contribution in [0.2, 0.25) is 0 Å². The van der Waals surface area contributed by atoms with Crippen molar-refractivity contribution in [3.63, 3.8) is 0 Å². The highest BCUT2D eigenvalue weighted by Crippen LogP contribution is 2.38. The fraction of sp³-hybridized carbons (Fsp3) is 0.867. The third-order valence-electron chi connectivity index (χ3n) is 4.50. The lowest BCUT2D eigenvalue weighted by atomic mass is 9.70. The van der Waals surface area contributed by atoms with Gasteiger partial charge in [-0.15, -0.1) is 0 Å². The van der Waals surface area contributed by atoms with Crippen molar-refractivity contribution < 1.29 is 14.7 Å². The van der Waals surface area contributed by atoms with Crippen LogP contribution in [0, 0.1) is 16.7 Å². The van der Waals surface area contributed by atoms with Crippen molar-refractivity contribution >= 4 is 11.9 Å². The molecule has 0 aromatic rings. The van der Waals surface area contributed by atoms with E-state index in [1.807, 2.05) is 20.8 Å². The summed E-state index contributed by atoms with van der Waals surface area (Å²) in [7, 11) is 0. The number of hydrogen-bond acceptors (Lipinski definition) is 3. The molecule has 1 aliphatic rings. The van der Waals surface area contributed by atoms with Gasteiger partial charge < -0.3 is 16.2 Å². The van der Waals surface area contributed by atoms with E-state index in [1.165, 1.54) is 0 Å². The van der Waals surface area contributed by atoms with E-state index in [9.17, 15) is 14.7 Å². The maximum Gasteiger partial charge on any atom is 0.311 e. The highest BCUT2D eigenvalue weighted by Gasteiger charge is 2.42. The van der Waals surface area contributed by atoms with Crippen molar-refractivity contribution in [1.29, 1.82) is 0 Å². The molecule has 0 spiro atoms. The first-order valence-electron chi connectivity index (χ1n) is 7.35. The molecule has 5 heteroatoms. The first kappa shape index (κ1) is 17.0. The van der Waals surface area contributed by atoms with Gasteiger partial charge in [0.05, 0.1) is 11.5 Å². The summed E-state index contributed by atoms with van der Waals surface area (Å²) >= 11 is 0. The second-order valence-corrected chi connectivity index (χ2v) is 7.33. The van der Waals surface area contributed by atoms with E-state index < -0.39 is 17.4 Å². The monoisotopic (exact) mass is 284 g/mol. The second kappa shape index (κ2) is 6.12. The summed E-state index contributed by atoms with van der Waals surface area (Å²) in [6.07, 6.45) is 3.03. The Morgan fingerprint density at radius 3 is 2.25 bits per heavy atom. The second-order valence-electron chi connectivity index (χ2n) is 7.33. The van der Waals surface area contributed by atoms with E-state index in [0.29, 0.717) is 18.8 Å². The van der Waals surface area contributed by atoms with Crippen molar-refractivity contribution in [2.45, 2.75) is 59.4 Å². The summed E-state index contributed by atoms with van der Waals surface area (Å²) in [5.74, 6) is -0.513. The van der Waals surface area contributed by atoms with Crippen molar-refractivity contribution in [2.24, 2.45) is 22.5 Å².